The van der Waals surface area contributed by atoms with Gasteiger partial charge in [-0.05, 0) is 0 Å². The summed E-state index contributed by atoms with van der Waals surface area (Å²) in [5.74, 6) is 0.718. The molecule has 14 heavy (non-hydrogen) atoms. The van der Waals surface area contributed by atoms with Crippen LogP contribution in [0, 0.1) is 10.4 Å². The van der Waals surface area contributed by atoms with E-state index in [1.807, 2.05) is 0 Å². The highest BCUT2D eigenvalue weighted by molar-refractivity contribution is 6.18. The molecule has 4 nitrogen and oxygen atoms in total. The van der Waals surface area contributed by atoms with Gasteiger partial charge in [-0.15, -0.1) is 23.2 Å². The molecule has 0 aromatic rings. The van der Waals surface area contributed by atoms with Crippen LogP contribution in [0.4, 0.5) is 0 Å². The van der Waals surface area contributed by atoms with E-state index < -0.39 is 0 Å². The fraction of sp³-hybridized carbons (Fsp3) is 1.00. The third kappa shape index (κ3) is 3.22. The monoisotopic (exact) mass is 242 g/mol. The Morgan fingerprint density at radius 2 is 1.07 bits per heavy atom. The lowest BCUT2D eigenvalue weighted by molar-refractivity contribution is -0.987. The highest BCUT2D eigenvalue weighted by Crippen LogP contribution is 2.17. The SMILES string of the molecule is [O-][N+]1(CCCl)CC[N+]([O-])(CCCl)CC1. The molecule has 0 aromatic heterocycles. The molecule has 0 amide bonds. The summed E-state index contributed by atoms with van der Waals surface area (Å²) in [5, 5.41) is 23.8. The molecule has 1 aliphatic rings. The van der Waals surface area contributed by atoms with E-state index in [0.29, 0.717) is 51.0 Å². The van der Waals surface area contributed by atoms with E-state index in [0.717, 1.165) is 0 Å². The fourth-order valence-corrected chi connectivity index (χ4v) is 2.32. The Morgan fingerprint density at radius 3 is 1.29 bits per heavy atom. The fourth-order valence-electron chi connectivity index (χ4n) is 1.71. The second-order valence-electron chi connectivity index (χ2n) is 3.84. The standard InChI is InChI=1S/C8H16Cl2N2O2/c9-1-3-11(13)5-7-12(14,4-2-10)8-6-11/h1-8H2. The zero-order valence-corrected chi connectivity index (χ0v) is 9.64. The maximum Gasteiger partial charge on any atom is 0.129 e. The van der Waals surface area contributed by atoms with Crippen LogP contribution in [0.1, 0.15) is 0 Å². The molecule has 0 aliphatic carbocycles. The Kier molecular flexibility index (Phi) is 4.43. The first-order chi connectivity index (χ1) is 6.54. The molecule has 0 radical (unpaired) electrons. The number of hydroxylamine groups is 6. The number of hydrogen-bond acceptors (Lipinski definition) is 2. The predicted octanol–water partition coefficient (Wildman–Crippen LogP) is 1.11. The number of nitrogens with zero attached hydrogens (tertiary/aromatic N) is 2. The summed E-state index contributed by atoms with van der Waals surface area (Å²) in [6, 6.07) is 0. The van der Waals surface area contributed by atoms with E-state index in [2.05, 4.69) is 0 Å². The lowest BCUT2D eigenvalue weighted by atomic mass is 10.3. The van der Waals surface area contributed by atoms with Crippen LogP contribution in [0.15, 0.2) is 0 Å². The van der Waals surface area contributed by atoms with Gasteiger partial charge in [0.1, 0.15) is 26.2 Å². The lowest BCUT2D eigenvalue weighted by Crippen LogP contribution is -2.63. The maximum atomic E-state index is 11.9. The topological polar surface area (TPSA) is 46.1 Å². The highest BCUT2D eigenvalue weighted by atomic mass is 35.5. The summed E-state index contributed by atoms with van der Waals surface area (Å²) >= 11 is 11.1. The minimum absolute atomic E-state index is 0.311. The molecule has 1 heterocycles. The molecule has 0 saturated carbocycles. The number of quaternary nitrogens is 2. The smallest absolute Gasteiger partial charge is 0.129 e. The van der Waals surface area contributed by atoms with Crippen molar-refractivity contribution in [1.29, 1.82) is 0 Å². The van der Waals surface area contributed by atoms with Crippen molar-refractivity contribution < 1.29 is 9.29 Å². The molecule has 0 bridgehead atoms. The summed E-state index contributed by atoms with van der Waals surface area (Å²) in [5.41, 5.74) is 0. The Hall–Kier alpha value is 0.420. The van der Waals surface area contributed by atoms with Crippen LogP contribution in [0.25, 0.3) is 0 Å². The van der Waals surface area contributed by atoms with Gasteiger partial charge in [-0.3, -0.25) is 0 Å². The summed E-state index contributed by atoms with van der Waals surface area (Å²) in [7, 11) is 0. The second-order valence-corrected chi connectivity index (χ2v) is 4.59. The molecule has 0 unspecified atom stereocenters. The van der Waals surface area contributed by atoms with Crippen molar-refractivity contribution in [3.8, 4) is 0 Å². The highest BCUT2D eigenvalue weighted by Gasteiger charge is 2.31. The molecule has 1 saturated heterocycles. The van der Waals surface area contributed by atoms with E-state index in [9.17, 15) is 10.4 Å². The minimum Gasteiger partial charge on any atom is -0.632 e. The molecule has 0 spiro atoms. The van der Waals surface area contributed by atoms with Crippen molar-refractivity contribution in [2.45, 2.75) is 0 Å². The van der Waals surface area contributed by atoms with Crippen LogP contribution < -0.4 is 0 Å². The van der Waals surface area contributed by atoms with Crippen LogP contribution in [0.5, 0.6) is 0 Å². The quantitative estimate of drug-likeness (QED) is 0.421. The van der Waals surface area contributed by atoms with Crippen molar-refractivity contribution >= 4 is 23.2 Å². The second kappa shape index (κ2) is 4.96. The van der Waals surface area contributed by atoms with Gasteiger partial charge in [0.25, 0.3) is 0 Å². The first-order valence-corrected chi connectivity index (χ1v) is 5.87. The first-order valence-electron chi connectivity index (χ1n) is 4.80. The molecule has 6 heteroatoms. The van der Waals surface area contributed by atoms with Crippen LogP contribution in [0.2, 0.25) is 0 Å². The number of hydrogen-bond donors (Lipinski definition) is 0. The van der Waals surface area contributed by atoms with Crippen LogP contribution in [-0.2, 0) is 0 Å². The molecular formula is C8H16Cl2N2O2. The van der Waals surface area contributed by atoms with Gasteiger partial charge in [0.2, 0.25) is 0 Å². The largest absolute Gasteiger partial charge is 0.632 e. The Morgan fingerprint density at radius 1 is 0.786 bits per heavy atom. The van der Waals surface area contributed by atoms with Gasteiger partial charge >= 0.3 is 0 Å². The number of piperazine rings is 1. The van der Waals surface area contributed by atoms with Crippen molar-refractivity contribution in [2.75, 3.05) is 51.0 Å². The van der Waals surface area contributed by atoms with E-state index in [-0.39, 0.29) is 9.29 Å². The molecular weight excluding hydrogens is 227 g/mol. The predicted molar refractivity (Wildman–Crippen MR) is 57.9 cm³/mol. The van der Waals surface area contributed by atoms with Crippen molar-refractivity contribution in [1.82, 2.24) is 0 Å². The van der Waals surface area contributed by atoms with E-state index in [4.69, 9.17) is 23.2 Å². The Labute approximate surface area is 94.3 Å². The molecule has 1 aliphatic heterocycles. The molecule has 0 atom stereocenters. The summed E-state index contributed by atoms with van der Waals surface area (Å²) < 4.78 is -0.623. The van der Waals surface area contributed by atoms with E-state index >= 15 is 0 Å². The van der Waals surface area contributed by atoms with E-state index in [1.165, 1.54) is 0 Å². The van der Waals surface area contributed by atoms with Crippen LogP contribution >= 0.6 is 23.2 Å². The van der Waals surface area contributed by atoms with Gasteiger partial charge in [-0.2, -0.15) is 0 Å². The van der Waals surface area contributed by atoms with Gasteiger partial charge in [-0.25, -0.2) is 0 Å². The van der Waals surface area contributed by atoms with Gasteiger partial charge in [0.15, 0.2) is 0 Å². The van der Waals surface area contributed by atoms with Gasteiger partial charge in [-0.1, -0.05) is 0 Å². The number of alkyl halides is 2. The molecule has 1 rings (SSSR count). The number of rotatable bonds is 4. The Balaban J connectivity index is 2.44. The molecule has 0 N–H and O–H groups in total. The van der Waals surface area contributed by atoms with Crippen molar-refractivity contribution in [3.05, 3.63) is 10.4 Å². The number of halogens is 2. The molecule has 84 valence electrons. The molecule has 1 fully saturated rings. The van der Waals surface area contributed by atoms with E-state index in [1.54, 1.807) is 0 Å². The average molecular weight is 243 g/mol. The maximum absolute atomic E-state index is 11.9. The third-order valence-corrected chi connectivity index (χ3v) is 3.15. The van der Waals surface area contributed by atoms with Gasteiger partial charge in [0.05, 0.1) is 24.8 Å². The summed E-state index contributed by atoms with van der Waals surface area (Å²) in [6.45, 7) is 2.28. The average Bonchev–Trinajstić information content (AvgIpc) is 2.13. The van der Waals surface area contributed by atoms with Crippen molar-refractivity contribution in [3.63, 3.8) is 0 Å². The lowest BCUT2D eigenvalue weighted by Gasteiger charge is -2.54. The first kappa shape index (κ1) is 12.5. The molecule has 0 aromatic carbocycles. The van der Waals surface area contributed by atoms with Crippen molar-refractivity contribution in [2.24, 2.45) is 0 Å². The minimum atomic E-state index is -0.311. The normalized spacial score (nSPS) is 38.6. The summed E-state index contributed by atoms with van der Waals surface area (Å²) in [6.07, 6.45) is 0. The zero-order valence-electron chi connectivity index (χ0n) is 8.12. The zero-order chi connectivity index (χ0) is 10.7. The third-order valence-electron chi connectivity index (χ3n) is 2.81. The van der Waals surface area contributed by atoms with Gasteiger partial charge < -0.3 is 19.7 Å². The van der Waals surface area contributed by atoms with Crippen LogP contribution in [0.3, 0.4) is 0 Å². The summed E-state index contributed by atoms with van der Waals surface area (Å²) in [4.78, 5) is 0. The van der Waals surface area contributed by atoms with Crippen LogP contribution in [-0.4, -0.2) is 60.3 Å². The Bertz CT molecular complexity index is 164. The van der Waals surface area contributed by atoms with Gasteiger partial charge in [0, 0.05) is 0 Å².